The summed E-state index contributed by atoms with van der Waals surface area (Å²) in [4.78, 5) is 12.5. The lowest BCUT2D eigenvalue weighted by molar-refractivity contribution is 0.625. The number of nitrogen functional groups attached to an aromatic ring is 1. The van der Waals surface area contributed by atoms with Crippen molar-refractivity contribution in [2.75, 3.05) is 5.73 Å². The van der Waals surface area contributed by atoms with Gasteiger partial charge in [-0.3, -0.25) is 0 Å². The molecular weight excluding hydrogens is 231 g/mol. The SMILES string of the molecule is CC(C)c1nc(N)nc(Cc2cccc(F)c2)n1. The van der Waals surface area contributed by atoms with Crippen molar-refractivity contribution in [1.29, 1.82) is 0 Å². The molecule has 2 N–H and O–H groups in total. The summed E-state index contributed by atoms with van der Waals surface area (Å²) in [5.74, 6) is 1.35. The van der Waals surface area contributed by atoms with Crippen molar-refractivity contribution < 1.29 is 4.39 Å². The van der Waals surface area contributed by atoms with Gasteiger partial charge in [0.05, 0.1) is 0 Å². The van der Waals surface area contributed by atoms with Gasteiger partial charge in [0, 0.05) is 12.3 Å². The minimum Gasteiger partial charge on any atom is -0.368 e. The molecule has 1 aromatic carbocycles. The van der Waals surface area contributed by atoms with Crippen LogP contribution in [0.5, 0.6) is 0 Å². The zero-order chi connectivity index (χ0) is 13.1. The number of hydrogen-bond acceptors (Lipinski definition) is 4. The van der Waals surface area contributed by atoms with E-state index in [0.717, 1.165) is 5.56 Å². The molecule has 0 bridgehead atoms. The van der Waals surface area contributed by atoms with Crippen LogP contribution in [0.25, 0.3) is 0 Å². The van der Waals surface area contributed by atoms with Crippen LogP contribution in [0.4, 0.5) is 10.3 Å². The van der Waals surface area contributed by atoms with E-state index < -0.39 is 0 Å². The maximum Gasteiger partial charge on any atom is 0.223 e. The highest BCUT2D eigenvalue weighted by atomic mass is 19.1. The van der Waals surface area contributed by atoms with Gasteiger partial charge in [-0.05, 0) is 17.7 Å². The van der Waals surface area contributed by atoms with Gasteiger partial charge >= 0.3 is 0 Å². The van der Waals surface area contributed by atoms with E-state index in [9.17, 15) is 4.39 Å². The van der Waals surface area contributed by atoms with Crippen LogP contribution in [0.15, 0.2) is 24.3 Å². The number of nitrogens with zero attached hydrogens (tertiary/aromatic N) is 3. The molecule has 4 nitrogen and oxygen atoms in total. The Morgan fingerprint density at radius 1 is 1.22 bits per heavy atom. The van der Waals surface area contributed by atoms with Crippen molar-refractivity contribution in [3.63, 3.8) is 0 Å². The first-order valence-corrected chi connectivity index (χ1v) is 5.79. The van der Waals surface area contributed by atoms with Gasteiger partial charge < -0.3 is 5.73 Å². The fourth-order valence-electron chi connectivity index (χ4n) is 1.62. The zero-order valence-electron chi connectivity index (χ0n) is 10.4. The molecule has 0 amide bonds. The average Bonchev–Trinajstić information content (AvgIpc) is 2.28. The number of aromatic nitrogens is 3. The predicted molar refractivity (Wildman–Crippen MR) is 67.5 cm³/mol. The minimum atomic E-state index is -0.265. The molecule has 0 radical (unpaired) electrons. The van der Waals surface area contributed by atoms with Crippen LogP contribution in [0.2, 0.25) is 0 Å². The molecule has 94 valence electrons. The highest BCUT2D eigenvalue weighted by Crippen LogP contribution is 2.13. The molecule has 5 heteroatoms. The third-order valence-electron chi connectivity index (χ3n) is 2.48. The van der Waals surface area contributed by atoms with Gasteiger partial charge in [0.1, 0.15) is 17.5 Å². The topological polar surface area (TPSA) is 64.7 Å². The smallest absolute Gasteiger partial charge is 0.223 e. The molecular formula is C13H15FN4. The molecule has 0 atom stereocenters. The summed E-state index contributed by atoms with van der Waals surface area (Å²) in [7, 11) is 0. The fraction of sp³-hybridized carbons (Fsp3) is 0.308. The van der Waals surface area contributed by atoms with Crippen molar-refractivity contribution in [3.05, 3.63) is 47.3 Å². The van der Waals surface area contributed by atoms with Crippen LogP contribution < -0.4 is 5.73 Å². The monoisotopic (exact) mass is 246 g/mol. The highest BCUT2D eigenvalue weighted by molar-refractivity contribution is 5.23. The Bertz CT molecular complexity index is 554. The van der Waals surface area contributed by atoms with E-state index in [-0.39, 0.29) is 17.7 Å². The van der Waals surface area contributed by atoms with Crippen molar-refractivity contribution in [2.45, 2.75) is 26.2 Å². The largest absolute Gasteiger partial charge is 0.368 e. The molecule has 0 saturated carbocycles. The fourth-order valence-corrected chi connectivity index (χ4v) is 1.62. The van der Waals surface area contributed by atoms with E-state index in [1.165, 1.54) is 12.1 Å². The third-order valence-corrected chi connectivity index (χ3v) is 2.48. The van der Waals surface area contributed by atoms with Gasteiger partial charge in [-0.2, -0.15) is 9.97 Å². The summed E-state index contributed by atoms with van der Waals surface area (Å²) in [6.07, 6.45) is 0.449. The molecule has 2 rings (SSSR count). The lowest BCUT2D eigenvalue weighted by Crippen LogP contribution is -2.09. The summed E-state index contributed by atoms with van der Waals surface area (Å²) < 4.78 is 13.1. The van der Waals surface area contributed by atoms with Crippen LogP contribution in [-0.4, -0.2) is 15.0 Å². The lowest BCUT2D eigenvalue weighted by atomic mass is 10.1. The number of nitrogens with two attached hydrogens (primary N) is 1. The first-order chi connectivity index (χ1) is 8.54. The van der Waals surface area contributed by atoms with Crippen LogP contribution in [0.3, 0.4) is 0 Å². The maximum absolute atomic E-state index is 13.1. The third kappa shape index (κ3) is 3.00. The number of halogens is 1. The Hall–Kier alpha value is -2.04. The average molecular weight is 246 g/mol. The Morgan fingerprint density at radius 3 is 2.67 bits per heavy atom. The predicted octanol–water partition coefficient (Wildman–Crippen LogP) is 2.31. The Labute approximate surface area is 105 Å². The normalized spacial score (nSPS) is 10.9. The van der Waals surface area contributed by atoms with Crippen molar-refractivity contribution in [2.24, 2.45) is 0 Å². The first kappa shape index (κ1) is 12.4. The summed E-state index contributed by atoms with van der Waals surface area (Å²) in [5, 5.41) is 0. The van der Waals surface area contributed by atoms with Crippen LogP contribution in [0.1, 0.15) is 37.0 Å². The number of rotatable bonds is 3. The molecule has 18 heavy (non-hydrogen) atoms. The lowest BCUT2D eigenvalue weighted by Gasteiger charge is -2.07. The highest BCUT2D eigenvalue weighted by Gasteiger charge is 2.08. The van der Waals surface area contributed by atoms with E-state index in [4.69, 9.17) is 5.73 Å². The molecule has 0 aliphatic heterocycles. The molecule has 0 aliphatic rings. The number of hydrogen-bond donors (Lipinski definition) is 1. The Morgan fingerprint density at radius 2 is 2.00 bits per heavy atom. The van der Waals surface area contributed by atoms with Gasteiger partial charge in [0.15, 0.2) is 0 Å². The van der Waals surface area contributed by atoms with E-state index in [1.54, 1.807) is 6.07 Å². The van der Waals surface area contributed by atoms with Gasteiger partial charge in [0.2, 0.25) is 5.95 Å². The second-order valence-electron chi connectivity index (χ2n) is 4.43. The second-order valence-corrected chi connectivity index (χ2v) is 4.43. The summed E-state index contributed by atoms with van der Waals surface area (Å²) >= 11 is 0. The molecule has 0 unspecified atom stereocenters. The molecule has 1 aromatic heterocycles. The second kappa shape index (κ2) is 5.08. The maximum atomic E-state index is 13.1. The van der Waals surface area contributed by atoms with Crippen molar-refractivity contribution >= 4 is 5.95 Å². The summed E-state index contributed by atoms with van der Waals surface area (Å²) in [6, 6.07) is 6.37. The van der Waals surface area contributed by atoms with Crippen LogP contribution in [0, 0.1) is 5.82 Å². The first-order valence-electron chi connectivity index (χ1n) is 5.79. The quantitative estimate of drug-likeness (QED) is 0.902. The van der Waals surface area contributed by atoms with Crippen LogP contribution >= 0.6 is 0 Å². The number of benzene rings is 1. The van der Waals surface area contributed by atoms with E-state index in [2.05, 4.69) is 15.0 Å². The zero-order valence-corrected chi connectivity index (χ0v) is 10.4. The standard InChI is InChI=1S/C13H15FN4/c1-8(2)12-16-11(17-13(15)18-12)7-9-4-3-5-10(14)6-9/h3-6,8H,7H2,1-2H3,(H2,15,16,17,18). The van der Waals surface area contributed by atoms with Gasteiger partial charge in [0.25, 0.3) is 0 Å². The minimum absolute atomic E-state index is 0.182. The molecule has 1 heterocycles. The van der Waals surface area contributed by atoms with Crippen LogP contribution in [-0.2, 0) is 6.42 Å². The Kier molecular flexibility index (Phi) is 3.50. The number of anilines is 1. The summed E-state index contributed by atoms with van der Waals surface area (Å²) in [6.45, 7) is 3.97. The van der Waals surface area contributed by atoms with E-state index in [0.29, 0.717) is 18.1 Å². The van der Waals surface area contributed by atoms with Gasteiger partial charge in [-0.25, -0.2) is 9.37 Å². The van der Waals surface area contributed by atoms with Crippen molar-refractivity contribution in [3.8, 4) is 0 Å². The van der Waals surface area contributed by atoms with Gasteiger partial charge in [-0.15, -0.1) is 0 Å². The molecule has 0 saturated heterocycles. The molecule has 0 spiro atoms. The van der Waals surface area contributed by atoms with Crippen molar-refractivity contribution in [1.82, 2.24) is 15.0 Å². The van der Waals surface area contributed by atoms with E-state index >= 15 is 0 Å². The van der Waals surface area contributed by atoms with Gasteiger partial charge in [-0.1, -0.05) is 26.0 Å². The molecule has 0 aliphatic carbocycles. The molecule has 0 fully saturated rings. The Balaban J connectivity index is 2.29. The molecule has 2 aromatic rings. The summed E-state index contributed by atoms with van der Waals surface area (Å²) in [5.41, 5.74) is 6.46. The van der Waals surface area contributed by atoms with E-state index in [1.807, 2.05) is 19.9 Å².